The van der Waals surface area contributed by atoms with Gasteiger partial charge in [0.25, 0.3) is 0 Å². The molecule has 4 nitrogen and oxygen atoms in total. The van der Waals surface area contributed by atoms with Crippen molar-refractivity contribution in [1.29, 1.82) is 0 Å². The van der Waals surface area contributed by atoms with Crippen LogP contribution in [0.15, 0.2) is 24.5 Å². The molecule has 78 valence electrons. The van der Waals surface area contributed by atoms with E-state index >= 15 is 0 Å². The van der Waals surface area contributed by atoms with E-state index in [0.29, 0.717) is 19.3 Å². The Labute approximate surface area is 87.3 Å². The Bertz CT molecular complexity index is 375. The molecule has 1 saturated heterocycles. The summed E-state index contributed by atoms with van der Waals surface area (Å²) in [5, 5.41) is 0. The summed E-state index contributed by atoms with van der Waals surface area (Å²) in [7, 11) is 0. The largest absolute Gasteiger partial charge is 0.393 e. The number of aromatic nitrogens is 1. The first-order valence-electron chi connectivity index (χ1n) is 4.89. The summed E-state index contributed by atoms with van der Waals surface area (Å²) in [4.78, 5) is 26.1. The number of carbonyl (C=O) groups excluding carboxylic acids is 2. The third-order valence-electron chi connectivity index (χ3n) is 2.48. The predicted octanol–water partition coefficient (Wildman–Crippen LogP) is 1.10. The highest BCUT2D eigenvalue weighted by Gasteiger charge is 2.28. The number of carbonyl (C=O) groups is 2. The normalized spacial score (nSPS) is 21.2. The van der Waals surface area contributed by atoms with Gasteiger partial charge in [0.15, 0.2) is 0 Å². The van der Waals surface area contributed by atoms with Gasteiger partial charge in [-0.1, -0.05) is 0 Å². The first-order chi connectivity index (χ1) is 7.25. The highest BCUT2D eigenvalue weighted by molar-refractivity contribution is 5.89. The van der Waals surface area contributed by atoms with Crippen LogP contribution in [0, 0.1) is 5.92 Å². The number of hydrogen-bond acceptors (Lipinski definition) is 4. The van der Waals surface area contributed by atoms with Crippen LogP contribution in [0.3, 0.4) is 0 Å². The minimum absolute atomic E-state index is 0.190. The smallest absolute Gasteiger partial charge is 0.316 e. The molecule has 1 aromatic rings. The van der Waals surface area contributed by atoms with Crippen LogP contribution in [-0.2, 0) is 20.7 Å². The zero-order valence-corrected chi connectivity index (χ0v) is 8.18. The lowest BCUT2D eigenvalue weighted by Gasteiger charge is -2.19. The van der Waals surface area contributed by atoms with Crippen LogP contribution in [0.4, 0.5) is 0 Å². The molecule has 0 saturated carbocycles. The monoisotopic (exact) mass is 205 g/mol. The van der Waals surface area contributed by atoms with E-state index in [1.54, 1.807) is 12.4 Å². The Morgan fingerprint density at radius 3 is 2.73 bits per heavy atom. The third kappa shape index (κ3) is 2.40. The van der Waals surface area contributed by atoms with E-state index in [2.05, 4.69) is 9.72 Å². The van der Waals surface area contributed by atoms with Crippen molar-refractivity contribution >= 4 is 11.9 Å². The van der Waals surface area contributed by atoms with E-state index in [0.717, 1.165) is 5.56 Å². The van der Waals surface area contributed by atoms with Gasteiger partial charge in [-0.15, -0.1) is 0 Å². The Morgan fingerprint density at radius 2 is 2.07 bits per heavy atom. The van der Waals surface area contributed by atoms with Crippen molar-refractivity contribution < 1.29 is 14.3 Å². The van der Waals surface area contributed by atoms with Gasteiger partial charge in [-0.25, -0.2) is 0 Å². The maximum Gasteiger partial charge on any atom is 0.316 e. The molecule has 1 aromatic heterocycles. The van der Waals surface area contributed by atoms with Crippen molar-refractivity contribution in [2.75, 3.05) is 0 Å². The molecule has 0 amide bonds. The van der Waals surface area contributed by atoms with Gasteiger partial charge in [0.05, 0.1) is 5.92 Å². The van der Waals surface area contributed by atoms with Crippen LogP contribution in [-0.4, -0.2) is 16.9 Å². The standard InChI is InChI=1S/C11H11NO3/c13-10-2-1-9(11(14)15-10)7-8-3-5-12-6-4-8/h3-6,9H,1-2,7H2. The summed E-state index contributed by atoms with van der Waals surface area (Å²) >= 11 is 0. The summed E-state index contributed by atoms with van der Waals surface area (Å²) < 4.78 is 4.58. The molecule has 2 rings (SSSR count). The zero-order valence-electron chi connectivity index (χ0n) is 8.18. The Morgan fingerprint density at radius 1 is 1.33 bits per heavy atom. The van der Waals surface area contributed by atoms with Gasteiger partial charge in [-0.2, -0.15) is 0 Å². The van der Waals surface area contributed by atoms with E-state index in [1.165, 1.54) is 0 Å². The number of ether oxygens (including phenoxy) is 1. The molecular weight excluding hydrogens is 194 g/mol. The second-order valence-corrected chi connectivity index (χ2v) is 3.59. The second-order valence-electron chi connectivity index (χ2n) is 3.59. The van der Waals surface area contributed by atoms with Crippen molar-refractivity contribution in [1.82, 2.24) is 4.98 Å². The molecule has 1 unspecified atom stereocenters. The van der Waals surface area contributed by atoms with Crippen molar-refractivity contribution in [3.05, 3.63) is 30.1 Å². The molecule has 0 radical (unpaired) electrons. The molecular formula is C11H11NO3. The Kier molecular flexibility index (Phi) is 2.76. The van der Waals surface area contributed by atoms with E-state index in [1.807, 2.05) is 12.1 Å². The van der Waals surface area contributed by atoms with E-state index in [9.17, 15) is 9.59 Å². The summed E-state index contributed by atoms with van der Waals surface area (Å²) in [6, 6.07) is 3.73. The van der Waals surface area contributed by atoms with E-state index in [4.69, 9.17) is 0 Å². The third-order valence-corrected chi connectivity index (χ3v) is 2.48. The molecule has 0 spiro atoms. The Hall–Kier alpha value is -1.71. The van der Waals surface area contributed by atoms with Gasteiger partial charge in [-0.3, -0.25) is 14.6 Å². The average Bonchev–Trinajstić information content (AvgIpc) is 2.24. The van der Waals surface area contributed by atoms with E-state index < -0.39 is 11.9 Å². The first-order valence-corrected chi connectivity index (χ1v) is 4.89. The molecule has 15 heavy (non-hydrogen) atoms. The summed E-state index contributed by atoms with van der Waals surface area (Å²) in [5.74, 6) is -1.00. The molecule has 0 aromatic carbocycles. The summed E-state index contributed by atoms with van der Waals surface area (Å²) in [6.45, 7) is 0. The minimum Gasteiger partial charge on any atom is -0.393 e. The fourth-order valence-corrected chi connectivity index (χ4v) is 1.65. The topological polar surface area (TPSA) is 56.3 Å². The van der Waals surface area contributed by atoms with Crippen molar-refractivity contribution in [3.8, 4) is 0 Å². The van der Waals surface area contributed by atoms with Gasteiger partial charge in [0, 0.05) is 18.8 Å². The maximum absolute atomic E-state index is 11.4. The van der Waals surface area contributed by atoms with Gasteiger partial charge in [0.1, 0.15) is 0 Å². The number of hydrogen-bond donors (Lipinski definition) is 0. The highest BCUT2D eigenvalue weighted by atomic mass is 16.6. The lowest BCUT2D eigenvalue weighted by Crippen LogP contribution is -2.29. The van der Waals surface area contributed by atoms with Crippen LogP contribution in [0.1, 0.15) is 18.4 Å². The molecule has 0 N–H and O–H groups in total. The lowest BCUT2D eigenvalue weighted by molar-refractivity contribution is -0.167. The van der Waals surface area contributed by atoms with Crippen LogP contribution in [0.2, 0.25) is 0 Å². The molecule has 4 heteroatoms. The highest BCUT2D eigenvalue weighted by Crippen LogP contribution is 2.20. The first kappa shape index (κ1) is 9.83. The second kappa shape index (κ2) is 4.21. The van der Waals surface area contributed by atoms with Crippen molar-refractivity contribution in [2.24, 2.45) is 5.92 Å². The van der Waals surface area contributed by atoms with Crippen LogP contribution >= 0.6 is 0 Å². The molecule has 1 aliphatic heterocycles. The van der Waals surface area contributed by atoms with Gasteiger partial charge in [-0.05, 0) is 30.5 Å². The van der Waals surface area contributed by atoms with Crippen molar-refractivity contribution in [2.45, 2.75) is 19.3 Å². The van der Waals surface area contributed by atoms with Gasteiger partial charge < -0.3 is 4.74 Å². The van der Waals surface area contributed by atoms with Crippen LogP contribution < -0.4 is 0 Å². The fraction of sp³-hybridized carbons (Fsp3) is 0.364. The lowest BCUT2D eigenvalue weighted by atomic mass is 9.94. The summed E-state index contributed by atoms with van der Waals surface area (Å²) in [5.41, 5.74) is 1.04. The fourth-order valence-electron chi connectivity index (χ4n) is 1.65. The average molecular weight is 205 g/mol. The number of nitrogens with zero attached hydrogens (tertiary/aromatic N) is 1. The molecule has 1 fully saturated rings. The Balaban J connectivity index is 2.01. The molecule has 1 aliphatic rings. The zero-order chi connectivity index (χ0) is 10.7. The van der Waals surface area contributed by atoms with Gasteiger partial charge >= 0.3 is 11.9 Å². The van der Waals surface area contributed by atoms with Gasteiger partial charge in [0.2, 0.25) is 0 Å². The molecule has 1 atom stereocenters. The SMILES string of the molecule is O=C1CCC(Cc2ccncc2)C(=O)O1. The molecule has 0 aliphatic carbocycles. The van der Waals surface area contributed by atoms with Crippen LogP contribution in [0.25, 0.3) is 0 Å². The van der Waals surface area contributed by atoms with Crippen LogP contribution in [0.5, 0.6) is 0 Å². The summed E-state index contributed by atoms with van der Waals surface area (Å²) in [6.07, 6.45) is 4.92. The number of esters is 2. The maximum atomic E-state index is 11.4. The quantitative estimate of drug-likeness (QED) is 0.536. The molecule has 0 bridgehead atoms. The van der Waals surface area contributed by atoms with Crippen molar-refractivity contribution in [3.63, 3.8) is 0 Å². The molecule has 2 heterocycles. The minimum atomic E-state index is -0.411. The van der Waals surface area contributed by atoms with E-state index in [-0.39, 0.29) is 5.92 Å². The number of pyridine rings is 1. The number of cyclic esters (lactones) is 2. The predicted molar refractivity (Wildman–Crippen MR) is 51.8 cm³/mol. The number of rotatable bonds is 2.